The molecule has 0 aromatic heterocycles. The Hall–Kier alpha value is -1.88. The summed E-state index contributed by atoms with van der Waals surface area (Å²) in [6, 6.07) is 4.20. The molecule has 0 saturated carbocycles. The van der Waals surface area contributed by atoms with Gasteiger partial charge in [0.05, 0.1) is 6.04 Å². The zero-order valence-corrected chi connectivity index (χ0v) is 10.1. The van der Waals surface area contributed by atoms with E-state index < -0.39 is 29.3 Å². The maximum atomic E-state index is 13.8. The van der Waals surface area contributed by atoms with E-state index in [-0.39, 0.29) is 16.7 Å². The fourth-order valence-electron chi connectivity index (χ4n) is 1.84. The molecule has 100 valence electrons. The molecule has 1 atom stereocenters. The smallest absolute Gasteiger partial charge is 0.164 e. The van der Waals surface area contributed by atoms with Crippen LogP contribution in [0.1, 0.15) is 22.7 Å². The summed E-state index contributed by atoms with van der Waals surface area (Å²) in [6.07, 6.45) is 0. The van der Waals surface area contributed by atoms with E-state index in [2.05, 4.69) is 0 Å². The Morgan fingerprint density at radius 3 is 2.05 bits per heavy atom. The third kappa shape index (κ3) is 2.61. The topological polar surface area (TPSA) is 26.0 Å². The molecule has 0 heterocycles. The van der Waals surface area contributed by atoms with E-state index in [0.717, 1.165) is 12.1 Å². The van der Waals surface area contributed by atoms with Gasteiger partial charge in [-0.05, 0) is 30.2 Å². The number of hydrogen-bond acceptors (Lipinski definition) is 1. The summed E-state index contributed by atoms with van der Waals surface area (Å²) in [5.41, 5.74) is 5.77. The second kappa shape index (κ2) is 5.01. The predicted octanol–water partition coefficient (Wildman–Crippen LogP) is 3.60. The third-order valence-electron chi connectivity index (χ3n) is 2.88. The highest BCUT2D eigenvalue weighted by Crippen LogP contribution is 2.26. The first-order valence-corrected chi connectivity index (χ1v) is 5.56. The van der Waals surface area contributed by atoms with E-state index in [9.17, 15) is 17.6 Å². The fraction of sp³-hybridized carbons (Fsp3) is 0.143. The largest absolute Gasteiger partial charge is 0.320 e. The molecule has 2 aromatic carbocycles. The molecule has 0 aliphatic carbocycles. The zero-order valence-electron chi connectivity index (χ0n) is 10.1. The van der Waals surface area contributed by atoms with Gasteiger partial charge in [-0.1, -0.05) is 12.1 Å². The van der Waals surface area contributed by atoms with Crippen molar-refractivity contribution in [1.82, 2.24) is 0 Å². The Morgan fingerprint density at radius 2 is 1.47 bits per heavy atom. The predicted molar refractivity (Wildman–Crippen MR) is 63.5 cm³/mol. The van der Waals surface area contributed by atoms with Crippen molar-refractivity contribution >= 4 is 0 Å². The van der Waals surface area contributed by atoms with Crippen molar-refractivity contribution in [3.8, 4) is 0 Å². The number of hydrogen-bond donors (Lipinski definition) is 1. The van der Waals surface area contributed by atoms with E-state index in [1.54, 1.807) is 0 Å². The van der Waals surface area contributed by atoms with Gasteiger partial charge in [0.2, 0.25) is 0 Å². The van der Waals surface area contributed by atoms with Crippen LogP contribution in [0.25, 0.3) is 0 Å². The standard InChI is InChI=1S/C14H11F4N/c1-7-2-3-11(13(18)12(7)17)14(19)8-4-9(15)6-10(16)5-8/h2-6,14H,19H2,1H3. The average molecular weight is 269 g/mol. The molecule has 1 unspecified atom stereocenters. The van der Waals surface area contributed by atoms with Crippen molar-refractivity contribution in [3.05, 3.63) is 70.3 Å². The normalized spacial score (nSPS) is 12.5. The molecule has 5 heteroatoms. The van der Waals surface area contributed by atoms with Gasteiger partial charge >= 0.3 is 0 Å². The van der Waals surface area contributed by atoms with Crippen LogP contribution in [0.4, 0.5) is 17.6 Å². The summed E-state index contributed by atoms with van der Waals surface area (Å²) in [5.74, 6) is -3.75. The molecule has 19 heavy (non-hydrogen) atoms. The molecule has 1 nitrogen and oxygen atoms in total. The van der Waals surface area contributed by atoms with Crippen molar-refractivity contribution in [2.45, 2.75) is 13.0 Å². The van der Waals surface area contributed by atoms with E-state index in [4.69, 9.17) is 5.73 Å². The first-order valence-electron chi connectivity index (χ1n) is 5.56. The first-order chi connectivity index (χ1) is 8.90. The maximum absolute atomic E-state index is 13.8. The summed E-state index contributed by atoms with van der Waals surface area (Å²) < 4.78 is 53.4. The van der Waals surface area contributed by atoms with Gasteiger partial charge < -0.3 is 5.73 Å². The molecule has 2 N–H and O–H groups in total. The summed E-state index contributed by atoms with van der Waals surface area (Å²) in [5, 5.41) is 0. The van der Waals surface area contributed by atoms with E-state index in [0.29, 0.717) is 6.07 Å². The minimum atomic E-state index is -1.14. The molecule has 0 amide bonds. The summed E-state index contributed by atoms with van der Waals surface area (Å²) in [4.78, 5) is 0. The lowest BCUT2D eigenvalue weighted by molar-refractivity contribution is 0.488. The Kier molecular flexibility index (Phi) is 3.57. The van der Waals surface area contributed by atoms with Gasteiger partial charge in [-0.25, -0.2) is 17.6 Å². The Morgan fingerprint density at radius 1 is 0.895 bits per heavy atom. The van der Waals surface area contributed by atoms with Gasteiger partial charge in [0.1, 0.15) is 11.6 Å². The quantitative estimate of drug-likeness (QED) is 0.828. The summed E-state index contributed by atoms with van der Waals surface area (Å²) >= 11 is 0. The Balaban J connectivity index is 2.50. The van der Waals surface area contributed by atoms with E-state index in [1.165, 1.54) is 19.1 Å². The molecule has 0 radical (unpaired) electrons. The van der Waals surface area contributed by atoms with Crippen LogP contribution in [0.15, 0.2) is 30.3 Å². The van der Waals surface area contributed by atoms with Crippen molar-refractivity contribution in [3.63, 3.8) is 0 Å². The van der Waals surface area contributed by atoms with Crippen molar-refractivity contribution in [2.75, 3.05) is 0 Å². The summed E-state index contributed by atoms with van der Waals surface area (Å²) in [7, 11) is 0. The second-order valence-corrected chi connectivity index (χ2v) is 4.28. The molecule has 0 bridgehead atoms. The van der Waals surface area contributed by atoms with Crippen LogP contribution in [-0.2, 0) is 0 Å². The third-order valence-corrected chi connectivity index (χ3v) is 2.88. The van der Waals surface area contributed by atoms with Gasteiger partial charge in [-0.3, -0.25) is 0 Å². The van der Waals surface area contributed by atoms with Crippen LogP contribution in [0.5, 0.6) is 0 Å². The number of nitrogens with two attached hydrogens (primary N) is 1. The Bertz CT molecular complexity index is 605. The molecule has 0 spiro atoms. The highest BCUT2D eigenvalue weighted by atomic mass is 19.2. The first kappa shape index (κ1) is 13.5. The summed E-state index contributed by atoms with van der Waals surface area (Å²) in [6.45, 7) is 1.41. The van der Waals surface area contributed by atoms with Crippen molar-refractivity contribution in [1.29, 1.82) is 0 Å². The van der Waals surface area contributed by atoms with Gasteiger partial charge in [0.15, 0.2) is 11.6 Å². The van der Waals surface area contributed by atoms with Crippen molar-refractivity contribution in [2.24, 2.45) is 5.73 Å². The molecular formula is C14H11F4N. The highest BCUT2D eigenvalue weighted by molar-refractivity contribution is 5.35. The van der Waals surface area contributed by atoms with Crippen LogP contribution in [-0.4, -0.2) is 0 Å². The Labute approximate surface area is 107 Å². The van der Waals surface area contributed by atoms with Gasteiger partial charge in [-0.15, -0.1) is 0 Å². The van der Waals surface area contributed by atoms with Crippen LogP contribution in [0.2, 0.25) is 0 Å². The lowest BCUT2D eigenvalue weighted by atomic mass is 9.97. The van der Waals surface area contributed by atoms with Crippen molar-refractivity contribution < 1.29 is 17.6 Å². The molecule has 2 aromatic rings. The minimum absolute atomic E-state index is 0.0413. The van der Waals surface area contributed by atoms with Crippen LogP contribution >= 0.6 is 0 Å². The number of rotatable bonds is 2. The molecule has 0 aliphatic rings. The van der Waals surface area contributed by atoms with Gasteiger partial charge in [0.25, 0.3) is 0 Å². The minimum Gasteiger partial charge on any atom is -0.320 e. The van der Waals surface area contributed by atoms with Crippen LogP contribution in [0.3, 0.4) is 0 Å². The van der Waals surface area contributed by atoms with Gasteiger partial charge in [-0.2, -0.15) is 0 Å². The number of benzene rings is 2. The maximum Gasteiger partial charge on any atom is 0.164 e. The fourth-order valence-corrected chi connectivity index (χ4v) is 1.84. The molecule has 2 rings (SSSR count). The average Bonchev–Trinajstić information content (AvgIpc) is 2.34. The highest BCUT2D eigenvalue weighted by Gasteiger charge is 2.19. The van der Waals surface area contributed by atoms with Gasteiger partial charge in [0, 0.05) is 11.6 Å². The van der Waals surface area contributed by atoms with E-state index in [1.807, 2.05) is 0 Å². The van der Waals surface area contributed by atoms with Crippen LogP contribution < -0.4 is 5.73 Å². The number of halogens is 4. The lowest BCUT2D eigenvalue weighted by Crippen LogP contribution is -2.15. The molecule has 0 fully saturated rings. The number of aryl methyl sites for hydroxylation is 1. The van der Waals surface area contributed by atoms with E-state index >= 15 is 0 Å². The van der Waals surface area contributed by atoms with Crippen LogP contribution in [0, 0.1) is 30.2 Å². The second-order valence-electron chi connectivity index (χ2n) is 4.28. The zero-order chi connectivity index (χ0) is 14.2. The SMILES string of the molecule is Cc1ccc(C(N)c2cc(F)cc(F)c2)c(F)c1F. The molecular weight excluding hydrogens is 258 g/mol. The monoisotopic (exact) mass is 269 g/mol. The molecule has 0 saturated heterocycles. The lowest BCUT2D eigenvalue weighted by Gasteiger charge is -2.15. The molecule has 0 aliphatic heterocycles.